The lowest BCUT2D eigenvalue weighted by molar-refractivity contribution is 0.660. The molecule has 0 atom stereocenters. The number of aromatic nitrogens is 2. The molecule has 2 heteroatoms. The lowest BCUT2D eigenvalue weighted by atomic mass is 9.82. The fourth-order valence-corrected chi connectivity index (χ4v) is 9.77. The van der Waals surface area contributed by atoms with Gasteiger partial charge in [0.2, 0.25) is 0 Å². The molecule has 11 aromatic rings. The molecule has 8 aromatic carbocycles. The van der Waals surface area contributed by atoms with Crippen molar-refractivity contribution in [3.05, 3.63) is 169 Å². The van der Waals surface area contributed by atoms with Crippen LogP contribution in [0.4, 0.5) is 0 Å². The standard InChI is InChI=1S/C49H32N2/c1-49(2)41-18-6-3-12-33(41)34-25-23-31(28-42(34)49)50-43-19-7-5-14-36(43)38-17-10-15-32(47(38)50)30-22-26-45-40(27-30)39-24-21-29-11-9-16-37-35-13-4-8-20-44(35)51(45)48(39)46(29)37/h3-28H,1-2H3. The van der Waals surface area contributed by atoms with Gasteiger partial charge in [-0.05, 0) is 75.0 Å². The fourth-order valence-electron chi connectivity index (χ4n) is 9.77. The maximum absolute atomic E-state index is 2.51. The van der Waals surface area contributed by atoms with E-state index in [-0.39, 0.29) is 5.41 Å². The summed E-state index contributed by atoms with van der Waals surface area (Å²) < 4.78 is 5.01. The Morgan fingerprint density at radius 2 is 1.08 bits per heavy atom. The van der Waals surface area contributed by atoms with E-state index < -0.39 is 0 Å². The summed E-state index contributed by atoms with van der Waals surface area (Å²) in [5.74, 6) is 0. The van der Waals surface area contributed by atoms with Crippen molar-refractivity contribution in [2.45, 2.75) is 19.3 Å². The molecule has 3 aromatic heterocycles. The molecule has 3 heterocycles. The molecule has 51 heavy (non-hydrogen) atoms. The van der Waals surface area contributed by atoms with Gasteiger partial charge in [0.05, 0.1) is 27.6 Å². The predicted octanol–water partition coefficient (Wildman–Crippen LogP) is 13.1. The number of pyridine rings is 1. The van der Waals surface area contributed by atoms with Crippen molar-refractivity contribution in [2.24, 2.45) is 0 Å². The molecule has 0 saturated heterocycles. The molecule has 0 fully saturated rings. The molecular weight excluding hydrogens is 617 g/mol. The highest BCUT2D eigenvalue weighted by molar-refractivity contribution is 6.29. The Morgan fingerprint density at radius 1 is 0.412 bits per heavy atom. The van der Waals surface area contributed by atoms with Crippen LogP contribution >= 0.6 is 0 Å². The highest BCUT2D eigenvalue weighted by Crippen LogP contribution is 2.50. The van der Waals surface area contributed by atoms with Crippen LogP contribution in [0.5, 0.6) is 0 Å². The molecule has 0 aliphatic heterocycles. The highest BCUT2D eigenvalue weighted by atomic mass is 15.0. The van der Waals surface area contributed by atoms with Gasteiger partial charge >= 0.3 is 0 Å². The number of fused-ring (bicyclic) bond motifs is 12. The zero-order valence-corrected chi connectivity index (χ0v) is 28.4. The Bertz CT molecular complexity index is 3260. The Labute approximate surface area is 294 Å². The summed E-state index contributed by atoms with van der Waals surface area (Å²) >= 11 is 0. The Kier molecular flexibility index (Phi) is 5.08. The normalized spacial score (nSPS) is 13.8. The number of hydrogen-bond donors (Lipinski definition) is 0. The topological polar surface area (TPSA) is 9.34 Å². The van der Waals surface area contributed by atoms with Gasteiger partial charge in [0.25, 0.3) is 0 Å². The van der Waals surface area contributed by atoms with Gasteiger partial charge in [-0.1, -0.05) is 135 Å². The summed E-state index contributed by atoms with van der Waals surface area (Å²) in [6, 6.07) is 59.1. The minimum atomic E-state index is -0.0743. The maximum Gasteiger partial charge on any atom is 0.0625 e. The van der Waals surface area contributed by atoms with Gasteiger partial charge in [-0.2, -0.15) is 0 Å². The third-order valence-electron chi connectivity index (χ3n) is 12.0. The van der Waals surface area contributed by atoms with Crippen molar-refractivity contribution in [3.8, 4) is 27.9 Å². The molecule has 1 aliphatic carbocycles. The van der Waals surface area contributed by atoms with Crippen molar-refractivity contribution in [1.82, 2.24) is 8.97 Å². The molecule has 0 amide bonds. The second kappa shape index (κ2) is 9.44. The van der Waals surface area contributed by atoms with E-state index in [2.05, 4.69) is 181 Å². The van der Waals surface area contributed by atoms with Gasteiger partial charge in [0, 0.05) is 49.0 Å². The second-order valence-electron chi connectivity index (χ2n) is 14.9. The predicted molar refractivity (Wildman–Crippen MR) is 216 cm³/mol. The first-order chi connectivity index (χ1) is 25.1. The summed E-state index contributed by atoms with van der Waals surface area (Å²) in [5.41, 5.74) is 15.4. The molecule has 0 bridgehead atoms. The Morgan fingerprint density at radius 3 is 1.98 bits per heavy atom. The molecule has 12 rings (SSSR count). The number of benzene rings is 8. The molecule has 0 unspecified atom stereocenters. The van der Waals surface area contributed by atoms with Crippen LogP contribution in [0.25, 0.3) is 98.6 Å². The van der Waals surface area contributed by atoms with E-state index in [1.165, 1.54) is 110 Å². The van der Waals surface area contributed by atoms with E-state index in [4.69, 9.17) is 0 Å². The van der Waals surface area contributed by atoms with Gasteiger partial charge < -0.3 is 8.97 Å². The summed E-state index contributed by atoms with van der Waals surface area (Å²) in [7, 11) is 0. The highest BCUT2D eigenvalue weighted by Gasteiger charge is 2.35. The quantitative estimate of drug-likeness (QED) is 0.130. The van der Waals surface area contributed by atoms with Crippen LogP contribution in [0.1, 0.15) is 25.0 Å². The number of rotatable bonds is 2. The van der Waals surface area contributed by atoms with Crippen molar-refractivity contribution in [3.63, 3.8) is 0 Å². The third kappa shape index (κ3) is 3.38. The lowest BCUT2D eigenvalue weighted by Gasteiger charge is -2.22. The number of nitrogens with zero attached hydrogens (tertiary/aromatic N) is 2. The summed E-state index contributed by atoms with van der Waals surface area (Å²) in [4.78, 5) is 0. The van der Waals surface area contributed by atoms with Crippen molar-refractivity contribution >= 4 is 70.7 Å². The fraction of sp³-hybridized carbons (Fsp3) is 0.0612. The molecule has 0 N–H and O–H groups in total. The number of para-hydroxylation sites is 3. The lowest BCUT2D eigenvalue weighted by Crippen LogP contribution is -2.15. The van der Waals surface area contributed by atoms with Crippen LogP contribution in [0.2, 0.25) is 0 Å². The van der Waals surface area contributed by atoms with Crippen LogP contribution in [0.15, 0.2) is 158 Å². The van der Waals surface area contributed by atoms with E-state index in [0.29, 0.717) is 0 Å². The molecule has 0 spiro atoms. The van der Waals surface area contributed by atoms with Crippen LogP contribution in [-0.2, 0) is 5.41 Å². The van der Waals surface area contributed by atoms with E-state index >= 15 is 0 Å². The first kappa shape index (κ1) is 27.4. The largest absolute Gasteiger partial charge is 0.309 e. The minimum absolute atomic E-state index is 0.0743. The molecule has 1 aliphatic rings. The molecule has 2 nitrogen and oxygen atoms in total. The smallest absolute Gasteiger partial charge is 0.0625 e. The Balaban J connectivity index is 1.16. The molecule has 0 saturated carbocycles. The summed E-state index contributed by atoms with van der Waals surface area (Å²) in [6.07, 6.45) is 0. The van der Waals surface area contributed by atoms with E-state index in [0.717, 1.165) is 0 Å². The first-order valence-corrected chi connectivity index (χ1v) is 17.9. The van der Waals surface area contributed by atoms with Gasteiger partial charge in [0.15, 0.2) is 0 Å². The zero-order chi connectivity index (χ0) is 33.6. The SMILES string of the molecule is CC1(C)c2ccccc2-c2ccc(-n3c4ccccc4c4cccc(-c5ccc6c(c5)c5ccc7cccc8c9ccccc9n6c5c78)c43)cc21. The van der Waals surface area contributed by atoms with E-state index in [1.54, 1.807) is 0 Å². The first-order valence-electron chi connectivity index (χ1n) is 17.9. The van der Waals surface area contributed by atoms with Crippen molar-refractivity contribution in [1.29, 1.82) is 0 Å². The Hall–Kier alpha value is -6.38. The summed E-state index contributed by atoms with van der Waals surface area (Å²) in [6.45, 7) is 4.73. The van der Waals surface area contributed by atoms with Crippen LogP contribution in [-0.4, -0.2) is 8.97 Å². The zero-order valence-electron chi connectivity index (χ0n) is 28.4. The van der Waals surface area contributed by atoms with Crippen molar-refractivity contribution in [2.75, 3.05) is 0 Å². The second-order valence-corrected chi connectivity index (χ2v) is 14.9. The minimum Gasteiger partial charge on any atom is -0.309 e. The molecule has 0 radical (unpaired) electrons. The van der Waals surface area contributed by atoms with Crippen LogP contribution in [0.3, 0.4) is 0 Å². The van der Waals surface area contributed by atoms with Gasteiger partial charge in [-0.25, -0.2) is 0 Å². The summed E-state index contributed by atoms with van der Waals surface area (Å²) in [5, 5.41) is 10.4. The third-order valence-corrected chi connectivity index (χ3v) is 12.0. The average molecular weight is 649 g/mol. The van der Waals surface area contributed by atoms with Gasteiger partial charge in [-0.15, -0.1) is 0 Å². The number of hydrogen-bond acceptors (Lipinski definition) is 0. The van der Waals surface area contributed by atoms with Crippen LogP contribution in [0, 0.1) is 0 Å². The van der Waals surface area contributed by atoms with E-state index in [9.17, 15) is 0 Å². The monoisotopic (exact) mass is 648 g/mol. The van der Waals surface area contributed by atoms with Gasteiger partial charge in [-0.3, -0.25) is 0 Å². The van der Waals surface area contributed by atoms with E-state index in [1.807, 2.05) is 0 Å². The van der Waals surface area contributed by atoms with Crippen LogP contribution < -0.4 is 0 Å². The molecular formula is C49H32N2. The van der Waals surface area contributed by atoms with Gasteiger partial charge in [0.1, 0.15) is 0 Å². The maximum atomic E-state index is 2.51. The molecule has 238 valence electrons. The average Bonchev–Trinajstić information content (AvgIpc) is 3.78. The van der Waals surface area contributed by atoms with Crippen molar-refractivity contribution < 1.29 is 0 Å².